The van der Waals surface area contributed by atoms with E-state index in [0.29, 0.717) is 19.1 Å². The van der Waals surface area contributed by atoms with Crippen molar-refractivity contribution in [3.63, 3.8) is 0 Å². The Bertz CT molecular complexity index is 357. The molecule has 2 aliphatic rings. The molecule has 108 valence electrons. The average molecular weight is 269 g/mol. The van der Waals surface area contributed by atoms with E-state index >= 15 is 0 Å². The molecule has 0 aromatic rings. The van der Waals surface area contributed by atoms with Crippen LogP contribution in [-0.4, -0.2) is 76.6 Å². The Balaban J connectivity index is 1.96. The lowest BCUT2D eigenvalue weighted by Gasteiger charge is -2.41. The maximum atomic E-state index is 12.4. The molecule has 1 aliphatic heterocycles. The van der Waals surface area contributed by atoms with Crippen molar-refractivity contribution in [1.29, 1.82) is 0 Å². The molecule has 1 heterocycles. The Labute approximate surface area is 114 Å². The molecule has 0 aromatic heterocycles. The number of hydrogen-bond donors (Lipinski definition) is 1. The standard InChI is InChI=1S/C13H23N3O3/c1-3-14-6-7-15(8-10(14)2)13(19)16(9-12(17)18)11-4-5-11/h10-11H,3-9H2,1-2H3,(H,17,18). The van der Waals surface area contributed by atoms with Gasteiger partial charge in [0.05, 0.1) is 0 Å². The molecule has 6 nitrogen and oxygen atoms in total. The third kappa shape index (κ3) is 3.37. The first-order valence-electron chi connectivity index (χ1n) is 7.04. The summed E-state index contributed by atoms with van der Waals surface area (Å²) in [7, 11) is 0. The Hall–Kier alpha value is -1.30. The fourth-order valence-electron chi connectivity index (χ4n) is 2.71. The number of carboxylic acid groups (broad SMARTS) is 1. The summed E-state index contributed by atoms with van der Waals surface area (Å²) in [5.74, 6) is -0.930. The topological polar surface area (TPSA) is 64.1 Å². The molecule has 1 aliphatic carbocycles. The predicted octanol–water partition coefficient (Wildman–Crippen LogP) is 0.681. The van der Waals surface area contributed by atoms with Crippen molar-refractivity contribution in [3.05, 3.63) is 0 Å². The maximum absolute atomic E-state index is 12.4. The van der Waals surface area contributed by atoms with E-state index in [1.807, 2.05) is 0 Å². The van der Waals surface area contributed by atoms with Crippen LogP contribution in [0.3, 0.4) is 0 Å². The summed E-state index contributed by atoms with van der Waals surface area (Å²) < 4.78 is 0. The first-order chi connectivity index (χ1) is 9.02. The van der Waals surface area contributed by atoms with Gasteiger partial charge in [-0.2, -0.15) is 0 Å². The highest BCUT2D eigenvalue weighted by atomic mass is 16.4. The number of likely N-dealkylation sites (N-methyl/N-ethyl adjacent to an activating group) is 1. The van der Waals surface area contributed by atoms with E-state index in [-0.39, 0.29) is 18.6 Å². The van der Waals surface area contributed by atoms with Crippen LogP contribution in [-0.2, 0) is 4.79 Å². The quantitative estimate of drug-likeness (QED) is 0.815. The lowest BCUT2D eigenvalue weighted by Crippen LogP contribution is -2.57. The molecule has 2 rings (SSSR count). The minimum Gasteiger partial charge on any atom is -0.480 e. The highest BCUT2D eigenvalue weighted by molar-refractivity contribution is 5.81. The smallest absolute Gasteiger partial charge is 0.323 e. The van der Waals surface area contributed by atoms with Gasteiger partial charge in [0.1, 0.15) is 6.54 Å². The molecule has 2 fully saturated rings. The van der Waals surface area contributed by atoms with Crippen molar-refractivity contribution >= 4 is 12.0 Å². The fraction of sp³-hybridized carbons (Fsp3) is 0.846. The van der Waals surface area contributed by atoms with Crippen molar-refractivity contribution in [3.8, 4) is 0 Å². The van der Waals surface area contributed by atoms with Crippen LogP contribution in [0.2, 0.25) is 0 Å². The first kappa shape index (κ1) is 14.1. The summed E-state index contributed by atoms with van der Waals surface area (Å²) in [6.45, 7) is 7.30. The molecule has 2 amide bonds. The SMILES string of the molecule is CCN1CCN(C(=O)N(CC(=O)O)C2CC2)CC1C. The molecular formula is C13H23N3O3. The van der Waals surface area contributed by atoms with Crippen LogP contribution < -0.4 is 0 Å². The molecular weight excluding hydrogens is 246 g/mol. The summed E-state index contributed by atoms with van der Waals surface area (Å²) in [5, 5.41) is 8.92. The number of carbonyl (C=O) groups excluding carboxylic acids is 1. The van der Waals surface area contributed by atoms with Crippen LogP contribution in [0, 0.1) is 0 Å². The average Bonchev–Trinajstić information content (AvgIpc) is 3.19. The van der Waals surface area contributed by atoms with Gasteiger partial charge in [0.2, 0.25) is 0 Å². The van der Waals surface area contributed by atoms with E-state index in [9.17, 15) is 9.59 Å². The third-order valence-electron chi connectivity index (χ3n) is 3.98. The number of carbonyl (C=O) groups is 2. The van der Waals surface area contributed by atoms with E-state index in [1.54, 1.807) is 4.90 Å². The molecule has 1 saturated carbocycles. The maximum Gasteiger partial charge on any atom is 0.323 e. The van der Waals surface area contributed by atoms with Crippen LogP contribution >= 0.6 is 0 Å². The Morgan fingerprint density at radius 2 is 2.00 bits per heavy atom. The molecule has 0 bridgehead atoms. The van der Waals surface area contributed by atoms with Crippen molar-refractivity contribution in [2.75, 3.05) is 32.7 Å². The summed E-state index contributed by atoms with van der Waals surface area (Å²) >= 11 is 0. The number of urea groups is 1. The second-order valence-electron chi connectivity index (χ2n) is 5.46. The zero-order chi connectivity index (χ0) is 14.0. The number of amides is 2. The minimum absolute atomic E-state index is 0.104. The molecule has 1 saturated heterocycles. The zero-order valence-electron chi connectivity index (χ0n) is 11.7. The Morgan fingerprint density at radius 3 is 2.47 bits per heavy atom. The van der Waals surface area contributed by atoms with Crippen molar-refractivity contribution in [2.24, 2.45) is 0 Å². The van der Waals surface area contributed by atoms with Gasteiger partial charge in [0.25, 0.3) is 0 Å². The Morgan fingerprint density at radius 1 is 1.32 bits per heavy atom. The molecule has 0 radical (unpaired) electrons. The normalized spacial score (nSPS) is 24.3. The highest BCUT2D eigenvalue weighted by Crippen LogP contribution is 2.28. The molecule has 0 aromatic carbocycles. The van der Waals surface area contributed by atoms with E-state index in [0.717, 1.165) is 25.9 Å². The number of carboxylic acids is 1. The molecule has 0 spiro atoms. The lowest BCUT2D eigenvalue weighted by atomic mass is 10.2. The number of hydrogen-bond acceptors (Lipinski definition) is 3. The van der Waals surface area contributed by atoms with Crippen LogP contribution in [0.4, 0.5) is 4.79 Å². The van der Waals surface area contributed by atoms with Crippen molar-refractivity contribution < 1.29 is 14.7 Å². The second-order valence-corrected chi connectivity index (χ2v) is 5.46. The second kappa shape index (κ2) is 5.77. The Kier molecular flexibility index (Phi) is 4.29. The summed E-state index contributed by atoms with van der Waals surface area (Å²) in [6.07, 6.45) is 1.87. The largest absolute Gasteiger partial charge is 0.480 e. The van der Waals surface area contributed by atoms with Gasteiger partial charge in [-0.25, -0.2) is 4.79 Å². The number of nitrogens with zero attached hydrogens (tertiary/aromatic N) is 3. The highest BCUT2D eigenvalue weighted by Gasteiger charge is 2.37. The summed E-state index contributed by atoms with van der Waals surface area (Å²) in [5.41, 5.74) is 0. The molecule has 1 N–H and O–H groups in total. The molecule has 6 heteroatoms. The van der Waals surface area contributed by atoms with Gasteiger partial charge in [-0.1, -0.05) is 6.92 Å². The van der Waals surface area contributed by atoms with E-state index in [2.05, 4.69) is 18.7 Å². The predicted molar refractivity (Wildman–Crippen MR) is 71.0 cm³/mol. The van der Waals surface area contributed by atoms with E-state index < -0.39 is 5.97 Å². The van der Waals surface area contributed by atoms with Crippen molar-refractivity contribution in [1.82, 2.24) is 14.7 Å². The minimum atomic E-state index is -0.930. The van der Waals surface area contributed by atoms with Gasteiger partial charge < -0.3 is 14.9 Å². The van der Waals surface area contributed by atoms with Gasteiger partial charge in [0, 0.05) is 31.7 Å². The van der Waals surface area contributed by atoms with Crippen LogP contribution in [0.25, 0.3) is 0 Å². The van der Waals surface area contributed by atoms with Gasteiger partial charge in [-0.15, -0.1) is 0 Å². The zero-order valence-corrected chi connectivity index (χ0v) is 11.7. The van der Waals surface area contributed by atoms with Crippen LogP contribution in [0.5, 0.6) is 0 Å². The summed E-state index contributed by atoms with van der Waals surface area (Å²) in [4.78, 5) is 29.0. The number of rotatable bonds is 4. The van der Waals surface area contributed by atoms with Crippen molar-refractivity contribution in [2.45, 2.75) is 38.8 Å². The van der Waals surface area contributed by atoms with E-state index in [1.165, 1.54) is 4.90 Å². The number of aliphatic carboxylic acids is 1. The van der Waals surface area contributed by atoms with Crippen LogP contribution in [0.15, 0.2) is 0 Å². The summed E-state index contributed by atoms with van der Waals surface area (Å²) in [6, 6.07) is 0.379. The lowest BCUT2D eigenvalue weighted by molar-refractivity contribution is -0.137. The van der Waals surface area contributed by atoms with Gasteiger partial charge in [-0.05, 0) is 26.3 Å². The molecule has 1 atom stereocenters. The van der Waals surface area contributed by atoms with Gasteiger partial charge >= 0.3 is 12.0 Å². The van der Waals surface area contributed by atoms with Gasteiger partial charge in [-0.3, -0.25) is 9.69 Å². The first-order valence-corrected chi connectivity index (χ1v) is 7.04. The molecule has 19 heavy (non-hydrogen) atoms. The third-order valence-corrected chi connectivity index (χ3v) is 3.98. The molecule has 1 unspecified atom stereocenters. The number of piperazine rings is 1. The van der Waals surface area contributed by atoms with Gasteiger partial charge in [0.15, 0.2) is 0 Å². The van der Waals surface area contributed by atoms with E-state index in [4.69, 9.17) is 5.11 Å². The monoisotopic (exact) mass is 269 g/mol. The van der Waals surface area contributed by atoms with Crippen LogP contribution in [0.1, 0.15) is 26.7 Å². The fourth-order valence-corrected chi connectivity index (χ4v) is 2.71.